The van der Waals surface area contributed by atoms with Gasteiger partial charge in [-0.05, 0) is 50.3 Å². The number of likely N-dealkylation sites (tertiary alicyclic amines) is 1. The lowest BCUT2D eigenvalue weighted by atomic mass is 10.1. The quantitative estimate of drug-likeness (QED) is 0.427. The number of carbonyl (C=O) groups excluding carboxylic acids is 1. The molecular formula is C24H31N7O. The van der Waals surface area contributed by atoms with Gasteiger partial charge in [-0.3, -0.25) is 4.79 Å². The molecule has 32 heavy (non-hydrogen) atoms. The number of anilines is 1. The first-order chi connectivity index (χ1) is 15.6. The minimum Gasteiger partial charge on any atom is -0.372 e. The van der Waals surface area contributed by atoms with Crippen LogP contribution in [0, 0.1) is 18.3 Å². The Morgan fingerprint density at radius 2 is 2.19 bits per heavy atom. The summed E-state index contributed by atoms with van der Waals surface area (Å²) in [5, 5.41) is 20.0. The Labute approximate surface area is 189 Å². The number of carbonyl (C=O) groups is 1. The van der Waals surface area contributed by atoms with E-state index in [1.807, 2.05) is 30.1 Å². The number of hydrogen-bond donors (Lipinski definition) is 3. The Bertz CT molecular complexity index is 983. The van der Waals surface area contributed by atoms with Crippen LogP contribution >= 0.6 is 0 Å². The molecule has 8 heteroatoms. The second kappa shape index (κ2) is 10.3. The normalized spacial score (nSPS) is 20.1. The lowest BCUT2D eigenvalue weighted by Gasteiger charge is -2.20. The predicted molar refractivity (Wildman–Crippen MR) is 124 cm³/mol. The standard InChI is InChI=1S/C24H31N7O/c1-17-16-27-24(28-18-7-2-3-8-18)30-23(17)19(15-25)20-9-4-10-21(29-20)26-12-6-14-31-13-5-11-22(31)32/h4,9-10,16,18,26,29H,2-3,5-8,11-14H2,1H3,(H,27,28,30). The molecular weight excluding hydrogens is 402 g/mol. The summed E-state index contributed by atoms with van der Waals surface area (Å²) >= 11 is 0. The smallest absolute Gasteiger partial charge is 0.223 e. The van der Waals surface area contributed by atoms with Crippen LogP contribution in [0.2, 0.25) is 0 Å². The van der Waals surface area contributed by atoms with Crippen LogP contribution in [0.1, 0.15) is 56.2 Å². The van der Waals surface area contributed by atoms with Crippen molar-refractivity contribution in [1.29, 1.82) is 5.26 Å². The summed E-state index contributed by atoms with van der Waals surface area (Å²) in [4.78, 5) is 22.8. The third kappa shape index (κ3) is 5.28. The maximum Gasteiger partial charge on any atom is 0.223 e. The van der Waals surface area contributed by atoms with Gasteiger partial charge in [-0.25, -0.2) is 9.97 Å². The molecule has 0 bridgehead atoms. The Hall–Kier alpha value is -3.34. The molecule has 1 amide bonds. The van der Waals surface area contributed by atoms with Crippen molar-refractivity contribution in [2.24, 2.45) is 0 Å². The van der Waals surface area contributed by atoms with Crippen molar-refractivity contribution < 1.29 is 4.79 Å². The summed E-state index contributed by atoms with van der Waals surface area (Å²) < 4.78 is 0. The summed E-state index contributed by atoms with van der Waals surface area (Å²) in [7, 11) is 0. The first-order valence-electron chi connectivity index (χ1n) is 11.6. The van der Waals surface area contributed by atoms with E-state index in [1.54, 1.807) is 6.20 Å². The molecule has 3 aliphatic rings. The van der Waals surface area contributed by atoms with Crippen LogP contribution in [-0.2, 0) is 4.79 Å². The molecule has 0 unspecified atom stereocenters. The molecule has 0 aromatic carbocycles. The van der Waals surface area contributed by atoms with Gasteiger partial charge in [0.1, 0.15) is 17.5 Å². The number of nitriles is 1. The summed E-state index contributed by atoms with van der Waals surface area (Å²) in [6.07, 6.45) is 14.8. The molecule has 1 aromatic heterocycles. The van der Waals surface area contributed by atoms with Crippen molar-refractivity contribution in [2.75, 3.05) is 25.0 Å². The van der Waals surface area contributed by atoms with Gasteiger partial charge in [-0.2, -0.15) is 5.26 Å². The van der Waals surface area contributed by atoms with Crippen LogP contribution in [0.15, 0.2) is 35.9 Å². The molecule has 2 fully saturated rings. The third-order valence-electron chi connectivity index (χ3n) is 6.16. The van der Waals surface area contributed by atoms with E-state index >= 15 is 0 Å². The van der Waals surface area contributed by atoms with Gasteiger partial charge in [0.05, 0.1) is 11.4 Å². The molecule has 4 rings (SSSR count). The summed E-state index contributed by atoms with van der Waals surface area (Å²) in [6.45, 7) is 4.32. The first-order valence-corrected chi connectivity index (χ1v) is 11.6. The highest BCUT2D eigenvalue weighted by molar-refractivity contribution is 5.81. The zero-order valence-electron chi connectivity index (χ0n) is 18.7. The third-order valence-corrected chi connectivity index (χ3v) is 6.16. The fourth-order valence-electron chi connectivity index (χ4n) is 4.41. The lowest BCUT2D eigenvalue weighted by Crippen LogP contribution is -2.31. The summed E-state index contributed by atoms with van der Waals surface area (Å²) in [5.74, 6) is 1.67. The number of dihydropyridines is 1. The number of amides is 1. The van der Waals surface area contributed by atoms with Gasteiger partial charge in [0.25, 0.3) is 0 Å². The predicted octanol–water partition coefficient (Wildman–Crippen LogP) is 2.98. The number of allylic oxidation sites excluding steroid dienone is 4. The Morgan fingerprint density at radius 3 is 2.94 bits per heavy atom. The van der Waals surface area contributed by atoms with Gasteiger partial charge in [0.2, 0.25) is 11.9 Å². The highest BCUT2D eigenvalue weighted by Gasteiger charge is 2.20. The van der Waals surface area contributed by atoms with Gasteiger partial charge in [0, 0.05) is 38.3 Å². The van der Waals surface area contributed by atoms with Crippen molar-refractivity contribution >= 4 is 17.4 Å². The van der Waals surface area contributed by atoms with Gasteiger partial charge in [0.15, 0.2) is 0 Å². The van der Waals surface area contributed by atoms with Crippen LogP contribution in [0.3, 0.4) is 0 Å². The van der Waals surface area contributed by atoms with Crippen LogP contribution in [-0.4, -0.2) is 46.5 Å². The summed E-state index contributed by atoms with van der Waals surface area (Å²) in [5.41, 5.74) is 2.70. The van der Waals surface area contributed by atoms with Crippen LogP contribution in [0.5, 0.6) is 0 Å². The maximum atomic E-state index is 11.7. The molecule has 1 saturated heterocycles. The van der Waals surface area contributed by atoms with E-state index in [2.05, 4.69) is 32.0 Å². The number of hydrogen-bond acceptors (Lipinski definition) is 7. The van der Waals surface area contributed by atoms with E-state index in [4.69, 9.17) is 0 Å². The van der Waals surface area contributed by atoms with E-state index in [0.717, 1.165) is 56.7 Å². The van der Waals surface area contributed by atoms with E-state index in [9.17, 15) is 10.1 Å². The monoisotopic (exact) mass is 433 g/mol. The number of nitrogens with zero attached hydrogens (tertiary/aromatic N) is 4. The van der Waals surface area contributed by atoms with Gasteiger partial charge in [-0.1, -0.05) is 18.9 Å². The number of aromatic nitrogens is 2. The van der Waals surface area contributed by atoms with E-state index in [0.29, 0.717) is 35.4 Å². The minimum absolute atomic E-state index is 0.258. The van der Waals surface area contributed by atoms with Crippen LogP contribution in [0.4, 0.5) is 5.95 Å². The topological polar surface area (TPSA) is 106 Å². The molecule has 1 saturated carbocycles. The molecule has 1 aliphatic carbocycles. The number of rotatable bonds is 8. The molecule has 8 nitrogen and oxygen atoms in total. The fourth-order valence-corrected chi connectivity index (χ4v) is 4.41. The SMILES string of the molecule is Cc1cnc(NC2CCCC2)nc1C(C#N)=C1C=CC=C(NCCCN2CCCC2=O)N1. The van der Waals surface area contributed by atoms with Crippen molar-refractivity contribution in [3.8, 4) is 6.07 Å². The van der Waals surface area contributed by atoms with Gasteiger partial charge >= 0.3 is 0 Å². The molecule has 0 radical (unpaired) electrons. The molecule has 1 aromatic rings. The van der Waals surface area contributed by atoms with E-state index in [-0.39, 0.29) is 5.91 Å². The Balaban J connectivity index is 1.40. The van der Waals surface area contributed by atoms with Crippen LogP contribution < -0.4 is 16.0 Å². The highest BCUT2D eigenvalue weighted by Crippen LogP contribution is 2.24. The molecule has 3 N–H and O–H groups in total. The second-order valence-corrected chi connectivity index (χ2v) is 8.58. The van der Waals surface area contributed by atoms with Gasteiger partial charge in [-0.15, -0.1) is 0 Å². The van der Waals surface area contributed by atoms with Crippen LogP contribution in [0.25, 0.3) is 5.57 Å². The van der Waals surface area contributed by atoms with E-state index in [1.165, 1.54) is 12.8 Å². The Kier molecular flexibility index (Phi) is 7.05. The Morgan fingerprint density at radius 1 is 1.34 bits per heavy atom. The molecule has 0 spiro atoms. The first kappa shape index (κ1) is 21.9. The largest absolute Gasteiger partial charge is 0.372 e. The van der Waals surface area contributed by atoms with Crippen molar-refractivity contribution in [1.82, 2.24) is 25.5 Å². The zero-order valence-corrected chi connectivity index (χ0v) is 18.7. The lowest BCUT2D eigenvalue weighted by molar-refractivity contribution is -0.127. The summed E-state index contributed by atoms with van der Waals surface area (Å²) in [6, 6.07) is 2.74. The second-order valence-electron chi connectivity index (χ2n) is 8.58. The highest BCUT2D eigenvalue weighted by atomic mass is 16.2. The average molecular weight is 434 g/mol. The number of aryl methyl sites for hydroxylation is 1. The molecule has 168 valence electrons. The molecule has 0 atom stereocenters. The van der Waals surface area contributed by atoms with Crippen molar-refractivity contribution in [3.05, 3.63) is 47.2 Å². The van der Waals surface area contributed by atoms with E-state index < -0.39 is 0 Å². The number of nitrogens with one attached hydrogen (secondary N) is 3. The van der Waals surface area contributed by atoms with Crippen molar-refractivity contribution in [2.45, 2.75) is 57.9 Å². The average Bonchev–Trinajstić information content (AvgIpc) is 3.46. The molecule has 2 aliphatic heterocycles. The zero-order chi connectivity index (χ0) is 22.3. The fraction of sp³-hybridized carbons (Fsp3) is 0.500. The molecule has 3 heterocycles. The maximum absolute atomic E-state index is 11.7. The van der Waals surface area contributed by atoms with Gasteiger partial charge < -0.3 is 20.9 Å². The van der Waals surface area contributed by atoms with Crippen molar-refractivity contribution in [3.63, 3.8) is 0 Å². The minimum atomic E-state index is 0.258.